The highest BCUT2D eigenvalue weighted by Gasteiger charge is 1.93. The maximum atomic E-state index is 4.50. The second kappa shape index (κ2) is 15.9. The molecular weight excluding hydrogens is 128 g/mol. The maximum absolute atomic E-state index is 4.50. The Morgan fingerprint density at radius 3 is 1.50 bits per heavy atom. The molecule has 1 saturated heterocycles. The van der Waals surface area contributed by atoms with E-state index in [9.17, 15) is 0 Å². The number of hydrogen-bond donors (Lipinski definition) is 2. The molecule has 0 radical (unpaired) electrons. The summed E-state index contributed by atoms with van der Waals surface area (Å²) in [6.45, 7) is 2.50. The predicted octanol–water partition coefficient (Wildman–Crippen LogP) is 0.207. The van der Waals surface area contributed by atoms with Gasteiger partial charge in [0.2, 0.25) is 0 Å². The summed E-state index contributed by atoms with van der Waals surface area (Å²) >= 11 is 0. The molecule has 0 saturated carbocycles. The fourth-order valence-electron chi connectivity index (χ4n) is 0.625. The number of hydrogen-bond acceptors (Lipinski definition) is 3. The molecule has 0 aliphatic carbocycles. The van der Waals surface area contributed by atoms with Crippen LogP contribution in [0.5, 0.6) is 0 Å². The van der Waals surface area contributed by atoms with Gasteiger partial charge in [0.05, 0.1) is 0 Å². The first-order valence-corrected chi connectivity index (χ1v) is 3.60. The maximum Gasteiger partial charge on any atom is 0.0351 e. The van der Waals surface area contributed by atoms with Crippen molar-refractivity contribution in [3.05, 3.63) is 0 Å². The molecule has 0 spiro atoms. The molecule has 3 nitrogen and oxygen atoms in total. The van der Waals surface area contributed by atoms with Gasteiger partial charge in [0.15, 0.2) is 0 Å². The third-order valence-electron chi connectivity index (χ3n) is 0.957. The van der Waals surface area contributed by atoms with Crippen LogP contribution in [-0.4, -0.2) is 34.4 Å². The molecule has 0 atom stereocenters. The monoisotopic (exact) mass is 148 g/mol. The zero-order valence-corrected chi connectivity index (χ0v) is 7.31. The van der Waals surface area contributed by atoms with E-state index < -0.39 is 0 Å². The van der Waals surface area contributed by atoms with Crippen LogP contribution in [0.3, 0.4) is 0 Å². The van der Waals surface area contributed by atoms with Gasteiger partial charge in [0.1, 0.15) is 0 Å². The molecular formula is C7H20N2O. The second-order valence-corrected chi connectivity index (χ2v) is 1.87. The molecule has 1 aliphatic heterocycles. The molecule has 0 aromatic heterocycles. The number of nitrogens with one attached hydrogen (secondary N) is 1. The lowest BCUT2D eigenvalue weighted by molar-refractivity contribution is 0.277. The van der Waals surface area contributed by atoms with E-state index in [-0.39, 0.29) is 0 Å². The van der Waals surface area contributed by atoms with Gasteiger partial charge in [-0.1, -0.05) is 0 Å². The zero-order chi connectivity index (χ0) is 8.24. The van der Waals surface area contributed by atoms with Crippen molar-refractivity contribution < 1.29 is 4.74 Å². The van der Waals surface area contributed by atoms with Crippen molar-refractivity contribution in [1.29, 1.82) is 0 Å². The fraction of sp³-hybridized carbons (Fsp3) is 1.00. The minimum Gasteiger partial charge on any atom is -0.388 e. The highest BCUT2D eigenvalue weighted by atomic mass is 16.4. The average molecular weight is 148 g/mol. The largest absolute Gasteiger partial charge is 0.388 e. The number of nitrogens with two attached hydrogens (primary N) is 1. The Hall–Kier alpha value is -0.120. The summed E-state index contributed by atoms with van der Waals surface area (Å²) in [6, 6.07) is 0. The van der Waals surface area contributed by atoms with Gasteiger partial charge in [0, 0.05) is 14.2 Å². The van der Waals surface area contributed by atoms with E-state index in [1.165, 1.54) is 33.0 Å². The Balaban J connectivity index is 0. The molecule has 1 fully saturated rings. The topological polar surface area (TPSA) is 47.3 Å². The molecule has 1 rings (SSSR count). The third kappa shape index (κ3) is 15.7. The van der Waals surface area contributed by atoms with E-state index >= 15 is 0 Å². The summed E-state index contributed by atoms with van der Waals surface area (Å²) in [7, 11) is 4.75. The molecule has 0 unspecified atom stereocenters. The minimum absolute atomic E-state index is 1.25. The molecule has 64 valence electrons. The van der Waals surface area contributed by atoms with Crippen molar-refractivity contribution in [2.45, 2.75) is 12.8 Å². The first kappa shape index (κ1) is 12.5. The lowest BCUT2D eigenvalue weighted by atomic mass is 10.4. The molecule has 0 aromatic rings. The van der Waals surface area contributed by atoms with E-state index in [0.717, 1.165) is 0 Å². The van der Waals surface area contributed by atoms with Crippen LogP contribution in [0.15, 0.2) is 0 Å². The van der Waals surface area contributed by atoms with Gasteiger partial charge in [-0.05, 0) is 33.0 Å². The van der Waals surface area contributed by atoms with Crippen LogP contribution < -0.4 is 11.1 Å². The van der Waals surface area contributed by atoms with Crippen LogP contribution in [0.25, 0.3) is 0 Å². The Kier molecular flexibility index (Phi) is 20.0. The molecule has 0 amide bonds. The van der Waals surface area contributed by atoms with Gasteiger partial charge < -0.3 is 15.8 Å². The normalized spacial score (nSPS) is 14.4. The molecule has 1 heterocycles. The van der Waals surface area contributed by atoms with Gasteiger partial charge in [-0.15, -0.1) is 0 Å². The quantitative estimate of drug-likeness (QED) is 0.516. The van der Waals surface area contributed by atoms with Crippen LogP contribution in [0.4, 0.5) is 0 Å². The summed E-state index contributed by atoms with van der Waals surface area (Å²) in [5.41, 5.74) is 4.50. The Labute approximate surface area is 63.9 Å². The predicted molar refractivity (Wildman–Crippen MR) is 45.1 cm³/mol. The molecule has 0 aromatic carbocycles. The third-order valence-corrected chi connectivity index (χ3v) is 0.957. The Bertz CT molecular complexity index is 31.0. The average Bonchev–Trinajstić information content (AvgIpc) is 2.48. The molecule has 3 N–H and O–H groups in total. The van der Waals surface area contributed by atoms with E-state index in [1.54, 1.807) is 14.2 Å². The molecule has 0 bridgehead atoms. The van der Waals surface area contributed by atoms with Gasteiger partial charge in [-0.3, -0.25) is 0 Å². The fourth-order valence-corrected chi connectivity index (χ4v) is 0.625. The van der Waals surface area contributed by atoms with Crippen LogP contribution >= 0.6 is 0 Å². The van der Waals surface area contributed by atoms with Crippen LogP contribution in [0.2, 0.25) is 0 Å². The lowest BCUT2D eigenvalue weighted by Gasteiger charge is -1.76. The van der Waals surface area contributed by atoms with Gasteiger partial charge in [0.25, 0.3) is 0 Å². The van der Waals surface area contributed by atoms with Crippen molar-refractivity contribution >= 4 is 0 Å². The molecule has 10 heavy (non-hydrogen) atoms. The first-order chi connectivity index (χ1) is 4.91. The standard InChI is InChI=1S/C4H9N.C2H6O.CH5N/c1-2-4-5-3-1;1-3-2;1-2/h5H,1-4H2;1-2H3;2H2,1H3. The summed E-state index contributed by atoms with van der Waals surface area (Å²) in [6.07, 6.45) is 2.78. The highest BCUT2D eigenvalue weighted by molar-refractivity contribution is 4.55. The highest BCUT2D eigenvalue weighted by Crippen LogP contribution is 1.90. The zero-order valence-electron chi connectivity index (χ0n) is 7.31. The van der Waals surface area contributed by atoms with Crippen molar-refractivity contribution in [2.75, 3.05) is 34.4 Å². The molecule has 1 aliphatic rings. The van der Waals surface area contributed by atoms with E-state index in [4.69, 9.17) is 0 Å². The van der Waals surface area contributed by atoms with Crippen LogP contribution in [0, 0.1) is 0 Å². The number of ether oxygens (including phenoxy) is 1. The van der Waals surface area contributed by atoms with Crippen molar-refractivity contribution in [3.63, 3.8) is 0 Å². The summed E-state index contributed by atoms with van der Waals surface area (Å²) in [5, 5.41) is 3.22. The smallest absolute Gasteiger partial charge is 0.0351 e. The summed E-state index contributed by atoms with van der Waals surface area (Å²) in [5.74, 6) is 0. The summed E-state index contributed by atoms with van der Waals surface area (Å²) in [4.78, 5) is 0. The Morgan fingerprint density at radius 1 is 1.10 bits per heavy atom. The molecule has 3 heteroatoms. The van der Waals surface area contributed by atoms with E-state index in [2.05, 4.69) is 15.8 Å². The van der Waals surface area contributed by atoms with Gasteiger partial charge in [-0.25, -0.2) is 0 Å². The van der Waals surface area contributed by atoms with Gasteiger partial charge in [-0.2, -0.15) is 0 Å². The van der Waals surface area contributed by atoms with Crippen molar-refractivity contribution in [3.8, 4) is 0 Å². The van der Waals surface area contributed by atoms with Crippen LogP contribution in [-0.2, 0) is 4.74 Å². The lowest BCUT2D eigenvalue weighted by Crippen LogP contribution is -2.03. The Morgan fingerprint density at radius 2 is 1.40 bits per heavy atom. The van der Waals surface area contributed by atoms with E-state index in [1.807, 2.05) is 0 Å². The number of rotatable bonds is 0. The first-order valence-electron chi connectivity index (χ1n) is 3.60. The SMILES string of the molecule is C1CCNC1.CN.COC. The van der Waals surface area contributed by atoms with Crippen LogP contribution in [0.1, 0.15) is 12.8 Å². The van der Waals surface area contributed by atoms with Gasteiger partial charge >= 0.3 is 0 Å². The number of methoxy groups -OCH3 is 1. The van der Waals surface area contributed by atoms with Crippen molar-refractivity contribution in [2.24, 2.45) is 5.73 Å². The summed E-state index contributed by atoms with van der Waals surface area (Å²) < 4.78 is 4.25. The van der Waals surface area contributed by atoms with Crippen molar-refractivity contribution in [1.82, 2.24) is 5.32 Å². The minimum atomic E-state index is 1.25. The van der Waals surface area contributed by atoms with E-state index in [0.29, 0.717) is 0 Å². The second-order valence-electron chi connectivity index (χ2n) is 1.87.